The second kappa shape index (κ2) is 5.57. The second-order valence-corrected chi connectivity index (χ2v) is 5.63. The van der Waals surface area contributed by atoms with Crippen LogP contribution in [0.25, 0.3) is 5.78 Å². The van der Waals surface area contributed by atoms with Gasteiger partial charge in [-0.1, -0.05) is 24.9 Å². The molecule has 22 heavy (non-hydrogen) atoms. The van der Waals surface area contributed by atoms with Gasteiger partial charge >= 0.3 is 0 Å². The Labute approximate surface area is 132 Å². The number of aryl methyl sites for hydroxylation is 3. The van der Waals surface area contributed by atoms with Crippen LogP contribution in [-0.2, 0) is 20.0 Å². The lowest BCUT2D eigenvalue weighted by Crippen LogP contribution is -2.23. The van der Waals surface area contributed by atoms with Gasteiger partial charge in [0.15, 0.2) is 0 Å². The first-order chi connectivity index (χ1) is 10.5. The van der Waals surface area contributed by atoms with Crippen molar-refractivity contribution in [2.45, 2.75) is 33.2 Å². The van der Waals surface area contributed by atoms with Gasteiger partial charge in [0.2, 0.25) is 0 Å². The average molecular weight is 321 g/mol. The summed E-state index contributed by atoms with van der Waals surface area (Å²) in [5.74, 6) is 1.13. The zero-order valence-electron chi connectivity index (χ0n) is 12.7. The Hall–Kier alpha value is -2.15. The molecule has 3 heterocycles. The van der Waals surface area contributed by atoms with Crippen LogP contribution in [0.1, 0.15) is 30.6 Å². The van der Waals surface area contributed by atoms with E-state index < -0.39 is 0 Å². The van der Waals surface area contributed by atoms with E-state index >= 15 is 0 Å². The largest absolute Gasteiger partial charge is 0.274 e. The minimum absolute atomic E-state index is 0.129. The van der Waals surface area contributed by atoms with Gasteiger partial charge in [0.25, 0.3) is 11.3 Å². The first-order valence-electron chi connectivity index (χ1n) is 7.14. The molecule has 0 amide bonds. The lowest BCUT2D eigenvalue weighted by molar-refractivity contribution is 0.582. The molecule has 0 aliphatic rings. The molecule has 8 heteroatoms. The van der Waals surface area contributed by atoms with Crippen LogP contribution in [-0.4, -0.2) is 28.9 Å². The molecule has 0 atom stereocenters. The van der Waals surface area contributed by atoms with E-state index in [0.29, 0.717) is 23.3 Å². The van der Waals surface area contributed by atoms with Crippen LogP contribution in [0.5, 0.6) is 0 Å². The highest BCUT2D eigenvalue weighted by Gasteiger charge is 2.13. The standard InChI is InChI=1S/C14H17ClN6O/c1-4-5-10-7-13(22)21-14(17-10)16-9(2)20(21)8-11-6-12(15)19(3)18-11/h6-7H,4-5,8H2,1-3H3. The highest BCUT2D eigenvalue weighted by molar-refractivity contribution is 6.29. The topological polar surface area (TPSA) is 70.0 Å². The van der Waals surface area contributed by atoms with Gasteiger partial charge < -0.3 is 0 Å². The summed E-state index contributed by atoms with van der Waals surface area (Å²) in [7, 11) is 1.77. The Morgan fingerprint density at radius 3 is 2.64 bits per heavy atom. The van der Waals surface area contributed by atoms with E-state index in [1.807, 2.05) is 6.92 Å². The van der Waals surface area contributed by atoms with Crippen molar-refractivity contribution in [2.75, 3.05) is 0 Å². The summed E-state index contributed by atoms with van der Waals surface area (Å²) in [4.78, 5) is 21.2. The molecule has 0 aliphatic heterocycles. The van der Waals surface area contributed by atoms with Gasteiger partial charge in [0.1, 0.15) is 11.0 Å². The molecule has 0 radical (unpaired) electrons. The molecule has 0 bridgehead atoms. The van der Waals surface area contributed by atoms with Crippen molar-refractivity contribution < 1.29 is 0 Å². The summed E-state index contributed by atoms with van der Waals surface area (Å²) in [6.45, 7) is 4.31. The van der Waals surface area contributed by atoms with E-state index in [2.05, 4.69) is 22.0 Å². The predicted molar refractivity (Wildman–Crippen MR) is 83.3 cm³/mol. The maximum Gasteiger partial charge on any atom is 0.274 e. The van der Waals surface area contributed by atoms with Gasteiger partial charge in [0.05, 0.1) is 17.9 Å². The maximum absolute atomic E-state index is 12.4. The monoisotopic (exact) mass is 320 g/mol. The van der Waals surface area contributed by atoms with Gasteiger partial charge in [-0.25, -0.2) is 4.98 Å². The number of hydrogen-bond acceptors (Lipinski definition) is 4. The van der Waals surface area contributed by atoms with Crippen LogP contribution in [0, 0.1) is 6.92 Å². The molecule has 3 aromatic rings. The van der Waals surface area contributed by atoms with E-state index in [9.17, 15) is 4.79 Å². The third-order valence-corrected chi connectivity index (χ3v) is 3.85. The molecule has 0 saturated heterocycles. The summed E-state index contributed by atoms with van der Waals surface area (Å²) in [6, 6.07) is 3.34. The van der Waals surface area contributed by atoms with Crippen LogP contribution >= 0.6 is 11.6 Å². The normalized spacial score (nSPS) is 11.5. The van der Waals surface area contributed by atoms with Crippen molar-refractivity contribution in [2.24, 2.45) is 7.05 Å². The van der Waals surface area contributed by atoms with Gasteiger partial charge in [-0.15, -0.1) is 0 Å². The zero-order chi connectivity index (χ0) is 15.9. The molecule has 0 saturated carbocycles. The fourth-order valence-electron chi connectivity index (χ4n) is 2.46. The summed E-state index contributed by atoms with van der Waals surface area (Å²) in [5, 5.41) is 4.86. The number of aromatic nitrogens is 6. The lowest BCUT2D eigenvalue weighted by Gasteiger charge is -2.05. The van der Waals surface area contributed by atoms with E-state index in [4.69, 9.17) is 11.6 Å². The first-order valence-corrected chi connectivity index (χ1v) is 7.52. The summed E-state index contributed by atoms with van der Waals surface area (Å²) < 4.78 is 4.84. The highest BCUT2D eigenvalue weighted by atomic mass is 35.5. The molecule has 116 valence electrons. The minimum atomic E-state index is -0.129. The lowest BCUT2D eigenvalue weighted by atomic mass is 10.2. The zero-order valence-corrected chi connectivity index (χ0v) is 13.5. The molecule has 0 unspecified atom stereocenters. The molecule has 3 rings (SSSR count). The van der Waals surface area contributed by atoms with Crippen molar-refractivity contribution in [1.29, 1.82) is 0 Å². The van der Waals surface area contributed by atoms with E-state index in [0.717, 1.165) is 24.2 Å². The summed E-state index contributed by atoms with van der Waals surface area (Å²) in [6.07, 6.45) is 1.71. The molecule has 0 fully saturated rings. The molecular formula is C14H17ClN6O. The highest BCUT2D eigenvalue weighted by Crippen LogP contribution is 2.12. The summed E-state index contributed by atoms with van der Waals surface area (Å²) in [5.41, 5.74) is 1.41. The molecule has 0 aliphatic carbocycles. The van der Waals surface area contributed by atoms with E-state index in [-0.39, 0.29) is 5.56 Å². The quantitative estimate of drug-likeness (QED) is 0.732. The average Bonchev–Trinajstić information content (AvgIpc) is 2.91. The van der Waals surface area contributed by atoms with Crippen LogP contribution in [0.3, 0.4) is 0 Å². The summed E-state index contributed by atoms with van der Waals surface area (Å²) >= 11 is 6.01. The smallest absolute Gasteiger partial charge is 0.267 e. The molecule has 3 aromatic heterocycles. The third-order valence-electron chi connectivity index (χ3n) is 3.50. The molecule has 0 aromatic carbocycles. The van der Waals surface area contributed by atoms with E-state index in [1.165, 1.54) is 4.52 Å². The molecule has 0 N–H and O–H groups in total. The van der Waals surface area contributed by atoms with Crippen LogP contribution in [0.2, 0.25) is 5.15 Å². The number of nitrogens with zero attached hydrogens (tertiary/aromatic N) is 6. The molecule has 7 nitrogen and oxygen atoms in total. The van der Waals surface area contributed by atoms with Gasteiger partial charge in [-0.3, -0.25) is 14.2 Å². The SMILES string of the molecule is CCCc1cc(=O)n2c(n1)nc(C)n2Cc1cc(Cl)n(C)n1. The Kier molecular flexibility index (Phi) is 3.74. The molecular weight excluding hydrogens is 304 g/mol. The van der Waals surface area contributed by atoms with Crippen LogP contribution in [0.4, 0.5) is 0 Å². The number of hydrogen-bond donors (Lipinski definition) is 0. The third kappa shape index (κ3) is 2.52. The Balaban J connectivity index is 2.09. The number of rotatable bonds is 4. The van der Waals surface area contributed by atoms with Crippen LogP contribution < -0.4 is 5.56 Å². The van der Waals surface area contributed by atoms with Crippen molar-refractivity contribution in [3.8, 4) is 0 Å². The van der Waals surface area contributed by atoms with Crippen molar-refractivity contribution in [3.05, 3.63) is 44.9 Å². The van der Waals surface area contributed by atoms with Crippen molar-refractivity contribution >= 4 is 17.4 Å². The number of halogens is 1. The molecule has 0 spiro atoms. The van der Waals surface area contributed by atoms with Crippen molar-refractivity contribution in [3.63, 3.8) is 0 Å². The Bertz CT molecular complexity index is 871. The minimum Gasteiger partial charge on any atom is -0.267 e. The van der Waals surface area contributed by atoms with Crippen molar-refractivity contribution in [1.82, 2.24) is 28.9 Å². The number of fused-ring (bicyclic) bond motifs is 1. The first kappa shape index (κ1) is 14.8. The van der Waals surface area contributed by atoms with Crippen LogP contribution in [0.15, 0.2) is 16.9 Å². The predicted octanol–water partition coefficient (Wildman–Crippen LogP) is 1.59. The fraction of sp³-hybridized carbons (Fsp3) is 0.429. The Morgan fingerprint density at radius 1 is 1.23 bits per heavy atom. The maximum atomic E-state index is 12.4. The fourth-order valence-corrected chi connectivity index (χ4v) is 2.62. The second-order valence-electron chi connectivity index (χ2n) is 5.25. The van der Waals surface area contributed by atoms with Gasteiger partial charge in [-0.05, 0) is 13.3 Å². The van der Waals surface area contributed by atoms with Gasteiger partial charge in [0, 0.05) is 19.2 Å². The van der Waals surface area contributed by atoms with Gasteiger partial charge in [-0.2, -0.15) is 14.6 Å². The Morgan fingerprint density at radius 2 is 2.00 bits per heavy atom. The van der Waals surface area contributed by atoms with E-state index in [1.54, 1.807) is 28.5 Å².